The van der Waals surface area contributed by atoms with Crippen LogP contribution in [0, 0.1) is 23.1 Å². The Morgan fingerprint density at radius 1 is 1.09 bits per heavy atom. The van der Waals surface area contributed by atoms with Crippen LogP contribution in [-0.4, -0.2) is 38.9 Å². The van der Waals surface area contributed by atoms with Gasteiger partial charge in [0.1, 0.15) is 23.4 Å². The first-order valence-electron chi connectivity index (χ1n) is 10.8. The summed E-state index contributed by atoms with van der Waals surface area (Å²) in [5.74, 6) is 5.69. The molecule has 10 heteroatoms. The molecule has 34 heavy (non-hydrogen) atoms. The van der Waals surface area contributed by atoms with E-state index in [0.29, 0.717) is 53.7 Å². The maximum Gasteiger partial charge on any atom is 0.405 e. The van der Waals surface area contributed by atoms with Crippen LogP contribution in [0.4, 0.5) is 29.1 Å². The summed E-state index contributed by atoms with van der Waals surface area (Å²) >= 11 is 0. The summed E-state index contributed by atoms with van der Waals surface area (Å²) in [6.45, 7) is 0.789. The van der Waals surface area contributed by atoms with Gasteiger partial charge in [-0.25, -0.2) is 4.39 Å². The lowest BCUT2D eigenvalue weighted by Gasteiger charge is -2.25. The van der Waals surface area contributed by atoms with Crippen LogP contribution in [0.1, 0.15) is 24.8 Å². The van der Waals surface area contributed by atoms with E-state index in [2.05, 4.69) is 27.0 Å². The van der Waals surface area contributed by atoms with E-state index < -0.39 is 17.4 Å². The minimum atomic E-state index is -4.37. The van der Waals surface area contributed by atoms with Gasteiger partial charge in [0, 0.05) is 6.54 Å². The standard InChI is InChI=1S/C24H17F4N5O/c25-16-5-2-6-17-19(16)21(30-22-31-29-14-33(17)22)32-12-3-13-34-20-15(4-1-7-18(20)32)8-9-23(10-11-23)24(26,27)28/h1-2,4-7,14H,3,10-13H2. The average molecular weight is 467 g/mol. The molecule has 0 radical (unpaired) electrons. The highest BCUT2D eigenvalue weighted by Crippen LogP contribution is 2.57. The molecular formula is C24H17F4N5O. The van der Waals surface area contributed by atoms with Crippen molar-refractivity contribution in [1.29, 1.82) is 0 Å². The molecule has 2 aromatic carbocycles. The van der Waals surface area contributed by atoms with Crippen molar-refractivity contribution in [2.45, 2.75) is 25.4 Å². The van der Waals surface area contributed by atoms with E-state index in [9.17, 15) is 13.2 Å². The Hall–Kier alpha value is -3.87. The predicted molar refractivity (Wildman–Crippen MR) is 116 cm³/mol. The van der Waals surface area contributed by atoms with Gasteiger partial charge in [-0.2, -0.15) is 18.2 Å². The third-order valence-electron chi connectivity index (χ3n) is 6.25. The molecular weight excluding hydrogens is 450 g/mol. The molecule has 0 amide bonds. The number of halogens is 4. The molecule has 3 heterocycles. The fraction of sp³-hybridized carbons (Fsp3) is 0.292. The largest absolute Gasteiger partial charge is 0.490 e. The van der Waals surface area contributed by atoms with E-state index in [1.807, 2.05) is 4.90 Å². The molecule has 0 spiro atoms. The van der Waals surface area contributed by atoms with Gasteiger partial charge in [-0.1, -0.05) is 24.0 Å². The van der Waals surface area contributed by atoms with Crippen molar-refractivity contribution in [2.24, 2.45) is 5.41 Å². The van der Waals surface area contributed by atoms with E-state index in [4.69, 9.17) is 4.74 Å². The van der Waals surface area contributed by atoms with Gasteiger partial charge < -0.3 is 9.64 Å². The lowest BCUT2D eigenvalue weighted by Crippen LogP contribution is -2.22. The lowest BCUT2D eigenvalue weighted by molar-refractivity contribution is -0.168. The van der Waals surface area contributed by atoms with Crippen molar-refractivity contribution < 1.29 is 22.3 Å². The minimum absolute atomic E-state index is 0.000937. The predicted octanol–water partition coefficient (Wildman–Crippen LogP) is 5.03. The second-order valence-corrected chi connectivity index (χ2v) is 8.41. The summed E-state index contributed by atoms with van der Waals surface area (Å²) in [6.07, 6.45) is -2.32. The average Bonchev–Trinajstić information content (AvgIpc) is 3.52. The third kappa shape index (κ3) is 3.15. The molecule has 1 saturated carbocycles. The number of fused-ring (bicyclic) bond motifs is 4. The van der Waals surface area contributed by atoms with Crippen LogP contribution in [0.15, 0.2) is 42.7 Å². The quantitative estimate of drug-likeness (QED) is 0.290. The molecule has 2 aliphatic rings. The fourth-order valence-electron chi connectivity index (χ4n) is 4.27. The summed E-state index contributed by atoms with van der Waals surface area (Å²) in [4.78, 5) is 6.39. The molecule has 6 rings (SSSR count). The third-order valence-corrected chi connectivity index (χ3v) is 6.25. The molecule has 6 nitrogen and oxygen atoms in total. The highest BCUT2D eigenvalue weighted by Gasteiger charge is 2.62. The number of anilines is 2. The van der Waals surface area contributed by atoms with Crippen LogP contribution < -0.4 is 9.64 Å². The zero-order chi connectivity index (χ0) is 23.5. The van der Waals surface area contributed by atoms with E-state index >= 15 is 4.39 Å². The van der Waals surface area contributed by atoms with E-state index in [1.54, 1.807) is 34.7 Å². The second kappa shape index (κ2) is 7.32. The first kappa shape index (κ1) is 20.7. The van der Waals surface area contributed by atoms with Gasteiger partial charge in [0.2, 0.25) is 0 Å². The van der Waals surface area contributed by atoms with Crippen LogP contribution in [0.2, 0.25) is 0 Å². The van der Waals surface area contributed by atoms with Gasteiger partial charge >= 0.3 is 6.18 Å². The second-order valence-electron chi connectivity index (χ2n) is 8.41. The number of alkyl halides is 3. The molecule has 0 bridgehead atoms. The Balaban J connectivity index is 1.53. The molecule has 0 unspecified atom stereocenters. The van der Waals surface area contributed by atoms with Crippen LogP contribution >= 0.6 is 0 Å². The minimum Gasteiger partial charge on any atom is -0.490 e. The van der Waals surface area contributed by atoms with Crippen molar-refractivity contribution in [3.63, 3.8) is 0 Å². The number of nitrogens with zero attached hydrogens (tertiary/aromatic N) is 5. The van der Waals surface area contributed by atoms with Gasteiger partial charge in [0.25, 0.3) is 5.78 Å². The van der Waals surface area contributed by atoms with Gasteiger partial charge in [-0.3, -0.25) is 4.40 Å². The first-order chi connectivity index (χ1) is 16.4. The monoisotopic (exact) mass is 467 g/mol. The number of hydrogen-bond donors (Lipinski definition) is 0. The zero-order valence-electron chi connectivity index (χ0n) is 17.7. The maximum absolute atomic E-state index is 15.1. The summed E-state index contributed by atoms with van der Waals surface area (Å²) in [7, 11) is 0. The Kier molecular flexibility index (Phi) is 4.46. The Morgan fingerprint density at radius 2 is 1.91 bits per heavy atom. The Bertz CT molecular complexity index is 1500. The molecule has 1 fully saturated rings. The highest BCUT2D eigenvalue weighted by molar-refractivity contribution is 5.94. The van der Waals surface area contributed by atoms with Gasteiger partial charge in [0.05, 0.1) is 28.8 Å². The van der Waals surface area contributed by atoms with Crippen molar-refractivity contribution in [3.8, 4) is 17.6 Å². The fourth-order valence-corrected chi connectivity index (χ4v) is 4.27. The molecule has 1 aliphatic carbocycles. The molecule has 0 atom stereocenters. The zero-order valence-corrected chi connectivity index (χ0v) is 17.7. The molecule has 0 saturated heterocycles. The van der Waals surface area contributed by atoms with E-state index in [-0.39, 0.29) is 18.2 Å². The molecule has 1 aliphatic heterocycles. The Labute approximate surface area is 191 Å². The first-order valence-corrected chi connectivity index (χ1v) is 10.8. The van der Waals surface area contributed by atoms with Gasteiger partial charge in [0.15, 0.2) is 5.75 Å². The lowest BCUT2D eigenvalue weighted by atomic mass is 10.1. The number of hydrogen-bond acceptors (Lipinski definition) is 5. The Morgan fingerprint density at radius 3 is 2.71 bits per heavy atom. The number of aromatic nitrogens is 4. The van der Waals surface area contributed by atoms with Crippen LogP contribution in [0.3, 0.4) is 0 Å². The van der Waals surface area contributed by atoms with Crippen molar-refractivity contribution in [2.75, 3.05) is 18.1 Å². The van der Waals surface area contributed by atoms with Gasteiger partial charge in [-0.05, 0) is 43.5 Å². The van der Waals surface area contributed by atoms with E-state index in [1.165, 1.54) is 12.4 Å². The highest BCUT2D eigenvalue weighted by atomic mass is 19.4. The van der Waals surface area contributed by atoms with Crippen LogP contribution in [0.25, 0.3) is 16.7 Å². The molecule has 172 valence electrons. The smallest absolute Gasteiger partial charge is 0.405 e. The summed E-state index contributed by atoms with van der Waals surface area (Å²) in [5, 5.41) is 8.21. The summed E-state index contributed by atoms with van der Waals surface area (Å²) in [6, 6.07) is 9.81. The van der Waals surface area contributed by atoms with Crippen LogP contribution in [0.5, 0.6) is 5.75 Å². The SMILES string of the molecule is Fc1cccc2c1c(N1CCCOc3c(C#CC4(C(F)(F)F)CC4)cccc31)nc1nncn12. The van der Waals surface area contributed by atoms with Crippen molar-refractivity contribution >= 4 is 28.2 Å². The topological polar surface area (TPSA) is 55.5 Å². The van der Waals surface area contributed by atoms with Crippen molar-refractivity contribution in [3.05, 3.63) is 54.1 Å². The molecule has 0 N–H and O–H groups in total. The number of para-hydroxylation sites is 1. The van der Waals surface area contributed by atoms with Crippen LogP contribution in [-0.2, 0) is 0 Å². The summed E-state index contributed by atoms with van der Waals surface area (Å²) < 4.78 is 62.7. The molecule has 4 aromatic rings. The van der Waals surface area contributed by atoms with Crippen molar-refractivity contribution in [1.82, 2.24) is 19.6 Å². The molecule has 2 aromatic heterocycles. The number of rotatable bonds is 1. The normalized spacial score (nSPS) is 17.0. The maximum atomic E-state index is 15.1. The number of ether oxygens (including phenoxy) is 1. The summed E-state index contributed by atoms with van der Waals surface area (Å²) in [5.41, 5.74) is -0.483. The van der Waals surface area contributed by atoms with E-state index in [0.717, 1.165) is 0 Å². The van der Waals surface area contributed by atoms with Gasteiger partial charge in [-0.15, -0.1) is 10.2 Å². The number of benzene rings is 2.